The first kappa shape index (κ1) is 26.0. The van der Waals surface area contributed by atoms with E-state index in [9.17, 15) is 14.9 Å². The largest absolute Gasteiger partial charge is 0.353 e. The maximum atomic E-state index is 15.0. The molecule has 0 saturated heterocycles. The van der Waals surface area contributed by atoms with Crippen LogP contribution >= 0.6 is 23.4 Å². The van der Waals surface area contributed by atoms with E-state index in [1.807, 2.05) is 6.07 Å². The van der Waals surface area contributed by atoms with Crippen LogP contribution in [-0.2, 0) is 9.59 Å². The number of hydrogen-bond acceptors (Lipinski definition) is 5. The Morgan fingerprint density at radius 2 is 1.70 bits per heavy atom. The van der Waals surface area contributed by atoms with Crippen molar-refractivity contribution < 1.29 is 14.0 Å². The lowest BCUT2D eigenvalue weighted by Crippen LogP contribution is -2.31. The van der Waals surface area contributed by atoms with Gasteiger partial charge in [0.15, 0.2) is 0 Å². The third kappa shape index (κ3) is 6.02. The number of carbonyl (C=O) groups excluding carboxylic acids is 2. The number of thioether (sulfide) groups is 1. The molecule has 0 aliphatic carbocycles. The quantitative estimate of drug-likeness (QED) is 0.337. The molecule has 4 rings (SSSR count). The first-order chi connectivity index (χ1) is 17.9. The topological polar surface area (TPSA) is 94.0 Å². The number of anilines is 2. The maximum absolute atomic E-state index is 15.0. The molecule has 1 unspecified atom stereocenters. The lowest BCUT2D eigenvalue weighted by atomic mass is 9.82. The number of nitrogens with one attached hydrogen (secondary N) is 3. The maximum Gasteiger partial charge on any atom is 0.254 e. The summed E-state index contributed by atoms with van der Waals surface area (Å²) in [5, 5.41) is 19.6. The highest BCUT2D eigenvalue weighted by Gasteiger charge is 2.36. The average Bonchev–Trinajstić information content (AvgIpc) is 2.89. The number of rotatable bonds is 7. The predicted octanol–water partition coefficient (Wildman–Crippen LogP) is 6.19. The molecule has 9 heteroatoms. The van der Waals surface area contributed by atoms with Crippen molar-refractivity contribution >= 4 is 46.6 Å². The Kier molecular flexibility index (Phi) is 8.29. The normalized spacial score (nSPS) is 15.0. The van der Waals surface area contributed by atoms with Crippen molar-refractivity contribution in [2.75, 3.05) is 16.4 Å². The van der Waals surface area contributed by atoms with Gasteiger partial charge in [0.1, 0.15) is 5.82 Å². The van der Waals surface area contributed by atoms with E-state index in [1.54, 1.807) is 73.7 Å². The third-order valence-electron chi connectivity index (χ3n) is 5.64. The second-order valence-corrected chi connectivity index (χ2v) is 9.50. The van der Waals surface area contributed by atoms with E-state index in [1.165, 1.54) is 6.07 Å². The Morgan fingerprint density at radius 1 is 1.03 bits per heavy atom. The molecule has 0 saturated carbocycles. The van der Waals surface area contributed by atoms with Crippen LogP contribution in [0.25, 0.3) is 0 Å². The van der Waals surface area contributed by atoms with E-state index in [4.69, 9.17) is 11.6 Å². The number of carbonyl (C=O) groups is 2. The third-order valence-corrected chi connectivity index (χ3v) is 6.98. The van der Waals surface area contributed by atoms with E-state index in [0.29, 0.717) is 27.1 Å². The van der Waals surface area contributed by atoms with Crippen LogP contribution in [0, 0.1) is 17.1 Å². The van der Waals surface area contributed by atoms with E-state index < -0.39 is 17.6 Å². The number of nitrogens with zero attached hydrogens (tertiary/aromatic N) is 1. The molecule has 186 valence electrons. The molecule has 6 nitrogen and oxygen atoms in total. The van der Waals surface area contributed by atoms with Gasteiger partial charge in [-0.3, -0.25) is 9.59 Å². The second kappa shape index (κ2) is 11.8. The lowest BCUT2D eigenvalue weighted by molar-refractivity contribution is -0.114. The Labute approximate surface area is 223 Å². The minimum absolute atomic E-state index is 0.0401. The highest BCUT2D eigenvalue weighted by atomic mass is 35.5. The van der Waals surface area contributed by atoms with Crippen molar-refractivity contribution in [2.45, 2.75) is 12.8 Å². The second-order valence-electron chi connectivity index (χ2n) is 8.11. The van der Waals surface area contributed by atoms with E-state index in [2.05, 4.69) is 22.0 Å². The zero-order chi connectivity index (χ0) is 26.4. The summed E-state index contributed by atoms with van der Waals surface area (Å²) >= 11 is 7.21. The molecule has 0 aromatic heterocycles. The van der Waals surface area contributed by atoms with Gasteiger partial charge in [-0.1, -0.05) is 71.9 Å². The van der Waals surface area contributed by atoms with Gasteiger partial charge in [0.05, 0.1) is 39.1 Å². The first-order valence-corrected chi connectivity index (χ1v) is 12.7. The Bertz CT molecular complexity index is 1450. The summed E-state index contributed by atoms with van der Waals surface area (Å²) in [6, 6.07) is 23.9. The summed E-state index contributed by atoms with van der Waals surface area (Å²) in [5.41, 5.74) is 2.05. The number of nitriles is 1. The Balaban J connectivity index is 1.65. The smallest absolute Gasteiger partial charge is 0.254 e. The monoisotopic (exact) mass is 532 g/mol. The number of benzene rings is 3. The summed E-state index contributed by atoms with van der Waals surface area (Å²) in [7, 11) is 0. The minimum atomic E-state index is -0.967. The van der Waals surface area contributed by atoms with Gasteiger partial charge in [0.25, 0.3) is 5.91 Å². The zero-order valence-corrected chi connectivity index (χ0v) is 21.3. The molecule has 1 atom stereocenters. The molecular weight excluding hydrogens is 511 g/mol. The lowest BCUT2D eigenvalue weighted by Gasteiger charge is -2.30. The van der Waals surface area contributed by atoms with Gasteiger partial charge in [0.2, 0.25) is 5.91 Å². The molecule has 1 heterocycles. The van der Waals surface area contributed by atoms with E-state index >= 15 is 4.39 Å². The van der Waals surface area contributed by atoms with Crippen LogP contribution in [0.15, 0.2) is 101 Å². The van der Waals surface area contributed by atoms with Gasteiger partial charge in [-0.25, -0.2) is 4.39 Å². The molecule has 37 heavy (non-hydrogen) atoms. The SMILES string of the molecule is CC1=C(C(=O)Nc2ccccc2)C(c2ccccc2F)C(C#N)=C(SCC(=O)Nc2ccccc2Cl)N1. The van der Waals surface area contributed by atoms with Crippen molar-refractivity contribution in [2.24, 2.45) is 0 Å². The van der Waals surface area contributed by atoms with Gasteiger partial charge >= 0.3 is 0 Å². The number of halogens is 2. The van der Waals surface area contributed by atoms with Crippen LogP contribution in [0.2, 0.25) is 5.02 Å². The average molecular weight is 533 g/mol. The van der Waals surface area contributed by atoms with Crippen LogP contribution in [0.5, 0.6) is 0 Å². The highest BCUT2D eigenvalue weighted by Crippen LogP contribution is 2.41. The van der Waals surface area contributed by atoms with Crippen LogP contribution in [-0.4, -0.2) is 17.6 Å². The van der Waals surface area contributed by atoms with Gasteiger partial charge in [-0.05, 0) is 37.3 Å². The molecule has 0 fully saturated rings. The Hall–Kier alpha value is -4.06. The van der Waals surface area contributed by atoms with Crippen LogP contribution in [0.3, 0.4) is 0 Å². The van der Waals surface area contributed by atoms with E-state index in [-0.39, 0.29) is 28.4 Å². The van der Waals surface area contributed by atoms with Crippen molar-refractivity contribution in [3.05, 3.63) is 117 Å². The fourth-order valence-corrected chi connectivity index (χ4v) is 5.03. The molecule has 1 aliphatic heterocycles. The fourth-order valence-electron chi connectivity index (χ4n) is 3.95. The van der Waals surface area contributed by atoms with Gasteiger partial charge in [-0.2, -0.15) is 5.26 Å². The van der Waals surface area contributed by atoms with Crippen LogP contribution in [0.1, 0.15) is 18.4 Å². The molecular formula is C28H22ClFN4O2S. The predicted molar refractivity (Wildman–Crippen MR) is 145 cm³/mol. The number of amides is 2. The van der Waals surface area contributed by atoms with Crippen molar-refractivity contribution in [3.63, 3.8) is 0 Å². The summed E-state index contributed by atoms with van der Waals surface area (Å²) in [5.74, 6) is -2.34. The first-order valence-electron chi connectivity index (χ1n) is 11.3. The molecule has 0 radical (unpaired) electrons. The summed E-state index contributed by atoms with van der Waals surface area (Å²) in [6.07, 6.45) is 0. The van der Waals surface area contributed by atoms with Crippen molar-refractivity contribution in [3.8, 4) is 6.07 Å². The molecule has 3 N–H and O–H groups in total. The van der Waals surface area contributed by atoms with Gasteiger partial charge in [0, 0.05) is 22.5 Å². The standard InChI is InChI=1S/C28H22ClFN4O2S/c1-17-25(27(36)33-18-9-3-2-4-10-18)26(19-11-5-7-13-22(19)30)20(15-31)28(32-17)37-16-24(35)34-23-14-8-6-12-21(23)29/h2-14,26,32H,16H2,1H3,(H,33,36)(H,34,35). The van der Waals surface area contributed by atoms with Gasteiger partial charge in [-0.15, -0.1) is 0 Å². The number of para-hydroxylation sites is 2. The van der Waals surface area contributed by atoms with E-state index in [0.717, 1.165) is 11.8 Å². The van der Waals surface area contributed by atoms with Crippen LogP contribution < -0.4 is 16.0 Å². The van der Waals surface area contributed by atoms with Gasteiger partial charge < -0.3 is 16.0 Å². The van der Waals surface area contributed by atoms with Crippen LogP contribution in [0.4, 0.5) is 15.8 Å². The summed E-state index contributed by atoms with van der Waals surface area (Å²) in [4.78, 5) is 26.0. The molecule has 1 aliphatic rings. The molecule has 3 aromatic rings. The summed E-state index contributed by atoms with van der Waals surface area (Å²) in [6.45, 7) is 1.69. The molecule has 2 amide bonds. The van der Waals surface area contributed by atoms with Crippen molar-refractivity contribution in [1.82, 2.24) is 5.32 Å². The zero-order valence-electron chi connectivity index (χ0n) is 19.7. The fraction of sp³-hybridized carbons (Fsp3) is 0.107. The molecule has 0 spiro atoms. The summed E-state index contributed by atoms with van der Waals surface area (Å²) < 4.78 is 15.0. The van der Waals surface area contributed by atoms with Crippen molar-refractivity contribution in [1.29, 1.82) is 5.26 Å². The molecule has 0 bridgehead atoms. The highest BCUT2D eigenvalue weighted by molar-refractivity contribution is 8.03. The number of hydrogen-bond donors (Lipinski definition) is 3. The number of allylic oxidation sites excluding steroid dienone is 2. The Morgan fingerprint density at radius 3 is 2.41 bits per heavy atom. The number of dihydropyridines is 1. The molecule has 3 aromatic carbocycles. The minimum Gasteiger partial charge on any atom is -0.353 e.